The minimum absolute atomic E-state index is 0.395. The van der Waals surface area contributed by atoms with E-state index in [4.69, 9.17) is 0 Å². The van der Waals surface area contributed by atoms with Crippen molar-refractivity contribution < 1.29 is 8.42 Å². The van der Waals surface area contributed by atoms with E-state index in [0.717, 1.165) is 23.9 Å². The first kappa shape index (κ1) is 14.6. The van der Waals surface area contributed by atoms with E-state index in [-0.39, 0.29) is 0 Å². The molecular weight excluding hydrogens is 286 g/mol. The molecule has 1 saturated heterocycles. The van der Waals surface area contributed by atoms with Crippen LogP contribution in [0.4, 0.5) is 0 Å². The highest BCUT2D eigenvalue weighted by molar-refractivity contribution is 7.89. The molecule has 1 fully saturated rings. The van der Waals surface area contributed by atoms with E-state index in [1.165, 1.54) is 0 Å². The fourth-order valence-electron chi connectivity index (χ4n) is 2.81. The normalized spacial score (nSPS) is 17.4. The molecule has 0 spiro atoms. The van der Waals surface area contributed by atoms with Crippen LogP contribution in [0.1, 0.15) is 13.3 Å². The number of hydrogen-bond acceptors (Lipinski definition) is 3. The van der Waals surface area contributed by atoms with Crippen molar-refractivity contribution in [2.45, 2.75) is 24.8 Å². The summed E-state index contributed by atoms with van der Waals surface area (Å²) in [5.41, 5.74) is 1.09. The van der Waals surface area contributed by atoms with E-state index < -0.39 is 10.0 Å². The van der Waals surface area contributed by atoms with Gasteiger partial charge < -0.3 is 9.88 Å². The van der Waals surface area contributed by atoms with Crippen molar-refractivity contribution in [3.63, 3.8) is 0 Å². The number of hydrogen-bond donors (Lipinski definition) is 1. The number of fused-ring (bicyclic) bond motifs is 1. The zero-order valence-corrected chi connectivity index (χ0v) is 13.1. The summed E-state index contributed by atoms with van der Waals surface area (Å²) in [7, 11) is -3.37. The van der Waals surface area contributed by atoms with Crippen molar-refractivity contribution in [3.8, 4) is 0 Å². The predicted octanol–water partition coefficient (Wildman–Crippen LogP) is 1.65. The van der Waals surface area contributed by atoms with Crippen LogP contribution in [0.15, 0.2) is 35.4 Å². The summed E-state index contributed by atoms with van der Waals surface area (Å²) in [5.74, 6) is 0. The van der Waals surface area contributed by atoms with Gasteiger partial charge in [0.15, 0.2) is 0 Å². The molecule has 5 nitrogen and oxygen atoms in total. The van der Waals surface area contributed by atoms with Crippen LogP contribution in [0.2, 0.25) is 0 Å². The maximum atomic E-state index is 12.7. The standard InChI is InChI=1S/C15H21N3O2S/c1-2-8-17-9-5-13-12-14(3-4-15(13)17)21(19,20)18-10-6-16-7-11-18/h3-5,9,12,16H,2,6-8,10-11H2,1H3. The number of rotatable bonds is 4. The second-order valence-electron chi connectivity index (χ2n) is 5.38. The van der Waals surface area contributed by atoms with E-state index in [1.807, 2.05) is 18.3 Å². The molecule has 2 aromatic rings. The van der Waals surface area contributed by atoms with Crippen LogP contribution < -0.4 is 5.32 Å². The summed E-state index contributed by atoms with van der Waals surface area (Å²) in [6, 6.07) is 7.42. The van der Waals surface area contributed by atoms with Crippen LogP contribution in [0.3, 0.4) is 0 Å². The summed E-state index contributed by atoms with van der Waals surface area (Å²) >= 11 is 0. The van der Waals surface area contributed by atoms with E-state index in [9.17, 15) is 8.42 Å². The Bertz CT molecular complexity index is 730. The van der Waals surface area contributed by atoms with E-state index >= 15 is 0 Å². The molecular formula is C15H21N3O2S. The Morgan fingerprint density at radius 2 is 1.95 bits per heavy atom. The SMILES string of the molecule is CCCn1ccc2cc(S(=O)(=O)N3CCNCC3)ccc21. The topological polar surface area (TPSA) is 54.3 Å². The number of sulfonamides is 1. The molecule has 1 aromatic carbocycles. The van der Waals surface area contributed by atoms with E-state index in [2.05, 4.69) is 16.8 Å². The molecule has 1 aliphatic heterocycles. The van der Waals surface area contributed by atoms with Crippen LogP contribution in [-0.2, 0) is 16.6 Å². The van der Waals surface area contributed by atoms with Gasteiger partial charge in [0.05, 0.1) is 4.90 Å². The third-order valence-corrected chi connectivity index (χ3v) is 5.82. The highest BCUT2D eigenvalue weighted by atomic mass is 32.2. The molecule has 3 rings (SSSR count). The molecule has 0 amide bonds. The summed E-state index contributed by atoms with van der Waals surface area (Å²) in [5, 5.41) is 4.16. The summed E-state index contributed by atoms with van der Waals surface area (Å²) in [6.07, 6.45) is 3.08. The molecule has 0 atom stereocenters. The maximum Gasteiger partial charge on any atom is 0.243 e. The first-order valence-electron chi connectivity index (χ1n) is 7.42. The predicted molar refractivity (Wildman–Crippen MR) is 83.9 cm³/mol. The maximum absolute atomic E-state index is 12.7. The molecule has 1 aromatic heterocycles. The Labute approximate surface area is 125 Å². The van der Waals surface area contributed by atoms with Crippen molar-refractivity contribution in [3.05, 3.63) is 30.5 Å². The highest BCUT2D eigenvalue weighted by Crippen LogP contribution is 2.23. The molecule has 0 unspecified atom stereocenters. The van der Waals surface area contributed by atoms with Gasteiger partial charge in [-0.1, -0.05) is 6.92 Å². The van der Waals surface area contributed by atoms with Crippen molar-refractivity contribution in [2.24, 2.45) is 0 Å². The number of nitrogens with one attached hydrogen (secondary N) is 1. The van der Waals surface area contributed by atoms with Gasteiger partial charge in [0, 0.05) is 49.8 Å². The molecule has 1 aliphatic rings. The Kier molecular flexibility index (Phi) is 4.01. The molecule has 0 aliphatic carbocycles. The van der Waals surface area contributed by atoms with Gasteiger partial charge in [-0.3, -0.25) is 0 Å². The fourth-order valence-corrected chi connectivity index (χ4v) is 4.29. The average molecular weight is 307 g/mol. The van der Waals surface area contributed by atoms with Crippen LogP contribution >= 0.6 is 0 Å². The lowest BCUT2D eigenvalue weighted by molar-refractivity contribution is 0.360. The van der Waals surface area contributed by atoms with Crippen molar-refractivity contribution in [1.82, 2.24) is 14.2 Å². The highest BCUT2D eigenvalue weighted by Gasteiger charge is 2.26. The number of benzene rings is 1. The first-order valence-corrected chi connectivity index (χ1v) is 8.86. The van der Waals surface area contributed by atoms with Gasteiger partial charge in [-0.25, -0.2) is 8.42 Å². The van der Waals surface area contributed by atoms with Crippen LogP contribution in [-0.4, -0.2) is 43.5 Å². The number of aromatic nitrogens is 1. The second-order valence-corrected chi connectivity index (χ2v) is 7.32. The Morgan fingerprint density at radius 3 is 2.67 bits per heavy atom. The van der Waals surface area contributed by atoms with Crippen LogP contribution in [0.5, 0.6) is 0 Å². The Morgan fingerprint density at radius 1 is 1.19 bits per heavy atom. The van der Waals surface area contributed by atoms with Gasteiger partial charge in [-0.2, -0.15) is 4.31 Å². The lowest BCUT2D eigenvalue weighted by Gasteiger charge is -2.26. The fraction of sp³-hybridized carbons (Fsp3) is 0.467. The number of piperazine rings is 1. The van der Waals surface area contributed by atoms with E-state index in [0.29, 0.717) is 31.1 Å². The van der Waals surface area contributed by atoms with Gasteiger partial charge >= 0.3 is 0 Å². The lowest BCUT2D eigenvalue weighted by atomic mass is 10.2. The third kappa shape index (κ3) is 2.71. The summed E-state index contributed by atoms with van der Waals surface area (Å²) in [4.78, 5) is 0.395. The Hall–Kier alpha value is -1.37. The molecule has 1 N–H and O–H groups in total. The lowest BCUT2D eigenvalue weighted by Crippen LogP contribution is -2.46. The van der Waals surface area contributed by atoms with Crippen molar-refractivity contribution >= 4 is 20.9 Å². The average Bonchev–Trinajstić information content (AvgIpc) is 2.91. The summed E-state index contributed by atoms with van der Waals surface area (Å²) in [6.45, 7) is 5.60. The number of aryl methyl sites for hydroxylation is 1. The monoisotopic (exact) mass is 307 g/mol. The van der Waals surface area contributed by atoms with E-state index in [1.54, 1.807) is 16.4 Å². The molecule has 6 heteroatoms. The zero-order chi connectivity index (χ0) is 14.9. The van der Waals surface area contributed by atoms with Gasteiger partial charge in [-0.05, 0) is 30.7 Å². The van der Waals surface area contributed by atoms with Crippen molar-refractivity contribution in [1.29, 1.82) is 0 Å². The molecule has 0 bridgehead atoms. The number of nitrogens with zero attached hydrogens (tertiary/aromatic N) is 2. The first-order chi connectivity index (χ1) is 10.1. The second kappa shape index (κ2) is 5.79. The zero-order valence-electron chi connectivity index (χ0n) is 12.2. The molecule has 0 saturated carbocycles. The van der Waals surface area contributed by atoms with Gasteiger partial charge in [0.2, 0.25) is 10.0 Å². The van der Waals surface area contributed by atoms with Gasteiger partial charge in [-0.15, -0.1) is 0 Å². The molecule has 2 heterocycles. The Balaban J connectivity index is 1.96. The van der Waals surface area contributed by atoms with Gasteiger partial charge in [0.1, 0.15) is 0 Å². The van der Waals surface area contributed by atoms with Crippen LogP contribution in [0, 0.1) is 0 Å². The quantitative estimate of drug-likeness (QED) is 0.934. The minimum Gasteiger partial charge on any atom is -0.347 e. The van der Waals surface area contributed by atoms with Crippen LogP contribution in [0.25, 0.3) is 10.9 Å². The molecule has 0 radical (unpaired) electrons. The van der Waals surface area contributed by atoms with Gasteiger partial charge in [0.25, 0.3) is 0 Å². The molecule has 21 heavy (non-hydrogen) atoms. The largest absolute Gasteiger partial charge is 0.347 e. The van der Waals surface area contributed by atoms with Crippen molar-refractivity contribution in [2.75, 3.05) is 26.2 Å². The smallest absolute Gasteiger partial charge is 0.243 e. The summed E-state index contributed by atoms with van der Waals surface area (Å²) < 4.78 is 29.0. The molecule has 114 valence electrons. The minimum atomic E-state index is -3.37. The third-order valence-electron chi connectivity index (χ3n) is 3.92.